The SMILES string of the molecule is CC(C)n1ncc(N2CCN(c3ccc4nncn4n3)CC2)c(Cl)c1=O. The molecule has 0 atom stereocenters. The summed E-state index contributed by atoms with van der Waals surface area (Å²) in [6.45, 7) is 6.81. The zero-order valence-electron chi connectivity index (χ0n) is 14.6. The molecule has 0 amide bonds. The number of hydrogen-bond donors (Lipinski definition) is 0. The molecule has 136 valence electrons. The Morgan fingerprint density at radius 2 is 1.85 bits per heavy atom. The van der Waals surface area contributed by atoms with Gasteiger partial charge in [0, 0.05) is 26.2 Å². The standard InChI is InChI=1S/C16H19ClN8O/c1-11(2)25-16(26)15(17)12(9-19-25)22-5-7-23(8-6-22)14-4-3-13-20-18-10-24(13)21-14/h3-4,9-11H,5-8H2,1-2H3. The van der Waals surface area contributed by atoms with E-state index in [4.69, 9.17) is 11.6 Å². The highest BCUT2D eigenvalue weighted by Gasteiger charge is 2.22. The van der Waals surface area contributed by atoms with Crippen molar-refractivity contribution in [1.29, 1.82) is 0 Å². The maximum Gasteiger partial charge on any atom is 0.287 e. The highest BCUT2D eigenvalue weighted by Crippen LogP contribution is 2.24. The summed E-state index contributed by atoms with van der Waals surface area (Å²) in [6, 6.07) is 3.82. The summed E-state index contributed by atoms with van der Waals surface area (Å²) in [7, 11) is 0. The molecule has 9 nitrogen and oxygen atoms in total. The second-order valence-electron chi connectivity index (χ2n) is 6.49. The van der Waals surface area contributed by atoms with Crippen molar-refractivity contribution in [2.45, 2.75) is 19.9 Å². The third-order valence-electron chi connectivity index (χ3n) is 4.51. The van der Waals surface area contributed by atoms with Crippen molar-refractivity contribution in [2.75, 3.05) is 36.0 Å². The zero-order chi connectivity index (χ0) is 18.3. The Bertz CT molecular complexity index is 989. The van der Waals surface area contributed by atoms with Gasteiger partial charge >= 0.3 is 0 Å². The van der Waals surface area contributed by atoms with Crippen LogP contribution in [0.4, 0.5) is 11.5 Å². The molecule has 0 unspecified atom stereocenters. The molecule has 1 saturated heterocycles. The van der Waals surface area contributed by atoms with E-state index in [0.717, 1.165) is 37.6 Å². The molecular weight excluding hydrogens is 356 g/mol. The van der Waals surface area contributed by atoms with E-state index in [1.807, 2.05) is 26.0 Å². The van der Waals surface area contributed by atoms with Gasteiger partial charge in [-0.1, -0.05) is 11.6 Å². The normalized spacial score (nSPS) is 15.2. The van der Waals surface area contributed by atoms with E-state index < -0.39 is 0 Å². The topological polar surface area (TPSA) is 84.5 Å². The summed E-state index contributed by atoms with van der Waals surface area (Å²) in [4.78, 5) is 16.6. The fourth-order valence-electron chi connectivity index (χ4n) is 3.09. The van der Waals surface area contributed by atoms with Crippen LogP contribution in [0.25, 0.3) is 5.65 Å². The molecule has 4 rings (SSSR count). The first kappa shape index (κ1) is 16.8. The van der Waals surface area contributed by atoms with Crippen molar-refractivity contribution in [2.24, 2.45) is 0 Å². The van der Waals surface area contributed by atoms with Crippen LogP contribution in [0.5, 0.6) is 0 Å². The first-order valence-electron chi connectivity index (χ1n) is 8.49. The van der Waals surface area contributed by atoms with Gasteiger partial charge in [-0.15, -0.1) is 15.3 Å². The third-order valence-corrected chi connectivity index (χ3v) is 4.86. The lowest BCUT2D eigenvalue weighted by Gasteiger charge is -2.36. The molecule has 4 heterocycles. The third kappa shape index (κ3) is 2.88. The van der Waals surface area contributed by atoms with Crippen LogP contribution in [-0.2, 0) is 0 Å². The Labute approximate surface area is 154 Å². The number of halogens is 1. The molecule has 1 aliphatic rings. The molecule has 26 heavy (non-hydrogen) atoms. The highest BCUT2D eigenvalue weighted by molar-refractivity contribution is 6.33. The molecule has 0 bridgehead atoms. The summed E-state index contributed by atoms with van der Waals surface area (Å²) in [6.07, 6.45) is 3.27. The Morgan fingerprint density at radius 3 is 2.58 bits per heavy atom. The highest BCUT2D eigenvalue weighted by atomic mass is 35.5. The van der Waals surface area contributed by atoms with Crippen molar-refractivity contribution in [3.8, 4) is 0 Å². The smallest absolute Gasteiger partial charge is 0.287 e. The zero-order valence-corrected chi connectivity index (χ0v) is 15.3. The van der Waals surface area contributed by atoms with E-state index in [9.17, 15) is 4.79 Å². The molecule has 0 spiro atoms. The maximum atomic E-state index is 12.4. The molecule has 1 aliphatic heterocycles. The minimum absolute atomic E-state index is 0.0236. The number of nitrogens with zero attached hydrogens (tertiary/aromatic N) is 8. The van der Waals surface area contributed by atoms with Crippen molar-refractivity contribution in [3.05, 3.63) is 40.0 Å². The van der Waals surface area contributed by atoms with Crippen LogP contribution in [0.2, 0.25) is 5.02 Å². The minimum atomic E-state index is -0.249. The van der Waals surface area contributed by atoms with Gasteiger partial charge in [0.2, 0.25) is 0 Å². The van der Waals surface area contributed by atoms with Gasteiger partial charge in [0.15, 0.2) is 5.65 Å². The largest absolute Gasteiger partial charge is 0.365 e. The average Bonchev–Trinajstić information content (AvgIpc) is 3.11. The molecule has 10 heteroatoms. The van der Waals surface area contributed by atoms with Crippen molar-refractivity contribution >= 4 is 28.8 Å². The molecule has 0 saturated carbocycles. The molecule has 3 aromatic heterocycles. The molecule has 3 aromatic rings. The molecule has 1 fully saturated rings. The Kier molecular flexibility index (Phi) is 4.23. The number of hydrogen-bond acceptors (Lipinski definition) is 7. The second-order valence-corrected chi connectivity index (χ2v) is 6.86. The number of anilines is 2. The number of aromatic nitrogens is 6. The molecule has 0 radical (unpaired) electrons. The van der Waals surface area contributed by atoms with Crippen LogP contribution in [0, 0.1) is 0 Å². The predicted octanol–water partition coefficient (Wildman–Crippen LogP) is 1.24. The molecule has 0 aliphatic carbocycles. The van der Waals surface area contributed by atoms with Crippen LogP contribution >= 0.6 is 11.6 Å². The van der Waals surface area contributed by atoms with Gasteiger partial charge in [0.05, 0.1) is 17.9 Å². The van der Waals surface area contributed by atoms with E-state index >= 15 is 0 Å². The number of fused-ring (bicyclic) bond motifs is 1. The van der Waals surface area contributed by atoms with Crippen LogP contribution in [0.3, 0.4) is 0 Å². The monoisotopic (exact) mass is 374 g/mol. The van der Waals surface area contributed by atoms with E-state index in [1.54, 1.807) is 17.0 Å². The Hall–Kier alpha value is -2.68. The number of piperazine rings is 1. The first-order chi connectivity index (χ1) is 12.5. The summed E-state index contributed by atoms with van der Waals surface area (Å²) in [5.41, 5.74) is 1.16. The van der Waals surface area contributed by atoms with Crippen molar-refractivity contribution < 1.29 is 0 Å². The summed E-state index contributed by atoms with van der Waals surface area (Å²) in [5.74, 6) is 0.872. The maximum absolute atomic E-state index is 12.4. The van der Waals surface area contributed by atoms with Crippen LogP contribution in [0.1, 0.15) is 19.9 Å². The molecule has 0 N–H and O–H groups in total. The van der Waals surface area contributed by atoms with Gasteiger partial charge in [-0.05, 0) is 26.0 Å². The van der Waals surface area contributed by atoms with Gasteiger partial charge in [-0.3, -0.25) is 4.79 Å². The Morgan fingerprint density at radius 1 is 1.12 bits per heavy atom. The fraction of sp³-hybridized carbons (Fsp3) is 0.438. The van der Waals surface area contributed by atoms with Crippen LogP contribution in [0.15, 0.2) is 29.5 Å². The first-order valence-corrected chi connectivity index (χ1v) is 8.86. The van der Waals surface area contributed by atoms with Gasteiger partial charge < -0.3 is 9.80 Å². The second kappa shape index (κ2) is 6.56. The van der Waals surface area contributed by atoms with E-state index in [2.05, 4.69) is 30.2 Å². The van der Waals surface area contributed by atoms with E-state index in [-0.39, 0.29) is 16.6 Å². The van der Waals surface area contributed by atoms with Gasteiger partial charge in [0.1, 0.15) is 17.2 Å². The minimum Gasteiger partial charge on any atom is -0.365 e. The summed E-state index contributed by atoms with van der Waals surface area (Å²) in [5, 5.41) is 16.8. The van der Waals surface area contributed by atoms with E-state index in [1.165, 1.54) is 4.68 Å². The Balaban J connectivity index is 1.51. The fourth-order valence-corrected chi connectivity index (χ4v) is 3.34. The van der Waals surface area contributed by atoms with Gasteiger partial charge in [-0.2, -0.15) is 9.61 Å². The van der Waals surface area contributed by atoms with Gasteiger partial charge in [-0.25, -0.2) is 4.68 Å². The summed E-state index contributed by atoms with van der Waals surface area (Å²) >= 11 is 6.32. The molecule has 0 aromatic carbocycles. The van der Waals surface area contributed by atoms with Gasteiger partial charge in [0.25, 0.3) is 5.56 Å². The lowest BCUT2D eigenvalue weighted by Crippen LogP contribution is -2.47. The lowest BCUT2D eigenvalue weighted by molar-refractivity contribution is 0.501. The number of rotatable bonds is 3. The quantitative estimate of drug-likeness (QED) is 0.681. The molecular formula is C16H19ClN8O. The lowest BCUT2D eigenvalue weighted by atomic mass is 10.2. The predicted molar refractivity (Wildman–Crippen MR) is 99.1 cm³/mol. The van der Waals surface area contributed by atoms with Crippen LogP contribution < -0.4 is 15.4 Å². The average molecular weight is 375 g/mol. The summed E-state index contributed by atoms with van der Waals surface area (Å²) < 4.78 is 3.06. The van der Waals surface area contributed by atoms with Crippen molar-refractivity contribution in [3.63, 3.8) is 0 Å². The van der Waals surface area contributed by atoms with Crippen LogP contribution in [-0.4, -0.2) is 55.8 Å². The van der Waals surface area contributed by atoms with E-state index in [0.29, 0.717) is 5.69 Å². The van der Waals surface area contributed by atoms with Crippen molar-refractivity contribution in [1.82, 2.24) is 29.6 Å².